The fraction of sp³-hybridized carbons (Fsp3) is 0.385. The standard InChI is InChI=1S/C22H28N2S.C4H4O4/c1-21(2)14-16(22(3,4)23(21)5)15-24-17-10-6-8-12-19(17)25-20-13-9-7-11-18(20)24;5-3(6)1-2-4(7)8/h6-13,16H,14-15H2,1-5H3;1-2H,(H,5,6)(H,7,8). The molecule has 0 bridgehead atoms. The predicted octanol–water partition coefficient (Wildman–Crippen LogP) is 5.51. The molecule has 2 aliphatic heterocycles. The van der Waals surface area contributed by atoms with E-state index in [-0.39, 0.29) is 11.1 Å². The first-order valence-corrected chi connectivity index (χ1v) is 11.8. The number of benzene rings is 2. The van der Waals surface area contributed by atoms with Gasteiger partial charge in [-0.05, 0) is 71.3 Å². The Labute approximate surface area is 199 Å². The van der Waals surface area contributed by atoms with Gasteiger partial charge in [-0.15, -0.1) is 0 Å². The van der Waals surface area contributed by atoms with E-state index in [9.17, 15) is 9.59 Å². The lowest BCUT2D eigenvalue weighted by atomic mass is 9.86. The topological polar surface area (TPSA) is 81.1 Å². The van der Waals surface area contributed by atoms with Gasteiger partial charge in [-0.2, -0.15) is 0 Å². The van der Waals surface area contributed by atoms with Crippen LogP contribution in [0.5, 0.6) is 0 Å². The van der Waals surface area contributed by atoms with E-state index in [2.05, 4.69) is 93.1 Å². The maximum atomic E-state index is 9.55. The Morgan fingerprint density at radius 3 is 1.79 bits per heavy atom. The largest absolute Gasteiger partial charge is 0.478 e. The minimum Gasteiger partial charge on any atom is -0.478 e. The van der Waals surface area contributed by atoms with Crippen LogP contribution in [0.3, 0.4) is 0 Å². The Kier molecular flexibility index (Phi) is 7.24. The summed E-state index contributed by atoms with van der Waals surface area (Å²) in [5.41, 5.74) is 3.15. The van der Waals surface area contributed by atoms with Gasteiger partial charge in [0.2, 0.25) is 0 Å². The van der Waals surface area contributed by atoms with Gasteiger partial charge in [0.25, 0.3) is 0 Å². The van der Waals surface area contributed by atoms with Gasteiger partial charge in [0.05, 0.1) is 11.4 Å². The molecule has 1 unspecified atom stereocenters. The summed E-state index contributed by atoms with van der Waals surface area (Å²) < 4.78 is 0. The molecule has 0 aromatic heterocycles. The Balaban J connectivity index is 0.000000331. The van der Waals surface area contributed by atoms with Crippen LogP contribution in [-0.4, -0.2) is 51.7 Å². The smallest absolute Gasteiger partial charge is 0.328 e. The van der Waals surface area contributed by atoms with Crippen molar-refractivity contribution in [3.05, 3.63) is 60.7 Å². The van der Waals surface area contributed by atoms with Gasteiger partial charge < -0.3 is 15.1 Å². The second-order valence-corrected chi connectivity index (χ2v) is 10.7. The van der Waals surface area contributed by atoms with Crippen LogP contribution >= 0.6 is 11.8 Å². The average Bonchev–Trinajstić information content (AvgIpc) is 2.91. The normalized spacial score (nSPS) is 20.5. The molecule has 33 heavy (non-hydrogen) atoms. The molecule has 1 fully saturated rings. The summed E-state index contributed by atoms with van der Waals surface area (Å²) in [5, 5.41) is 15.6. The summed E-state index contributed by atoms with van der Waals surface area (Å²) in [6.45, 7) is 10.6. The molecule has 1 atom stereocenters. The van der Waals surface area contributed by atoms with Crippen molar-refractivity contribution in [2.45, 2.75) is 55.0 Å². The quantitative estimate of drug-likeness (QED) is 0.573. The highest BCUT2D eigenvalue weighted by molar-refractivity contribution is 7.99. The van der Waals surface area contributed by atoms with Crippen LogP contribution in [0.25, 0.3) is 0 Å². The molecule has 0 spiro atoms. The van der Waals surface area contributed by atoms with Crippen molar-refractivity contribution < 1.29 is 19.8 Å². The summed E-state index contributed by atoms with van der Waals surface area (Å²) in [5.74, 6) is -1.89. The molecular formula is C26H32N2O4S. The van der Waals surface area contributed by atoms with Crippen LogP contribution in [0, 0.1) is 5.92 Å². The van der Waals surface area contributed by atoms with Gasteiger partial charge in [0.15, 0.2) is 0 Å². The lowest BCUT2D eigenvalue weighted by Crippen LogP contribution is -2.48. The maximum Gasteiger partial charge on any atom is 0.328 e. The summed E-state index contributed by atoms with van der Waals surface area (Å²) >= 11 is 1.89. The van der Waals surface area contributed by atoms with E-state index in [0.29, 0.717) is 18.1 Å². The van der Waals surface area contributed by atoms with Gasteiger partial charge in [-0.1, -0.05) is 36.0 Å². The minimum absolute atomic E-state index is 0.192. The van der Waals surface area contributed by atoms with Gasteiger partial charge >= 0.3 is 11.9 Å². The zero-order valence-electron chi connectivity index (χ0n) is 19.8. The van der Waals surface area contributed by atoms with E-state index in [1.54, 1.807) is 0 Å². The predicted molar refractivity (Wildman–Crippen MR) is 132 cm³/mol. The number of nitrogens with zero attached hydrogens (tertiary/aromatic N) is 2. The van der Waals surface area contributed by atoms with Gasteiger partial charge in [0, 0.05) is 39.6 Å². The number of anilines is 2. The Bertz CT molecular complexity index is 1000. The van der Waals surface area contributed by atoms with E-state index >= 15 is 0 Å². The van der Waals surface area contributed by atoms with E-state index in [1.165, 1.54) is 27.6 Å². The highest BCUT2D eigenvalue weighted by Gasteiger charge is 2.49. The Morgan fingerprint density at radius 1 is 0.939 bits per heavy atom. The van der Waals surface area contributed by atoms with Crippen molar-refractivity contribution in [1.29, 1.82) is 0 Å². The number of carboxylic acid groups (broad SMARTS) is 2. The number of rotatable bonds is 4. The van der Waals surface area contributed by atoms with Gasteiger partial charge in [-0.25, -0.2) is 9.59 Å². The van der Waals surface area contributed by atoms with Gasteiger partial charge in [0.1, 0.15) is 0 Å². The summed E-state index contributed by atoms with van der Waals surface area (Å²) in [6, 6.07) is 17.7. The Hall–Kier alpha value is -2.77. The molecule has 0 saturated carbocycles. The first kappa shape index (κ1) is 24.9. The molecule has 4 rings (SSSR count). The number of likely N-dealkylation sites (tertiary alicyclic amines) is 1. The molecule has 6 nitrogen and oxygen atoms in total. The SMILES string of the molecule is CN1C(C)(C)CC(CN2c3ccccc3Sc3ccccc32)C1(C)C.O=C(O)C=CC(=O)O. The third-order valence-electron chi connectivity index (χ3n) is 6.82. The third kappa shape index (κ3) is 5.42. The molecular weight excluding hydrogens is 436 g/mol. The summed E-state index contributed by atoms with van der Waals surface area (Å²) in [4.78, 5) is 27.0. The van der Waals surface area contributed by atoms with Crippen LogP contribution in [0.1, 0.15) is 34.1 Å². The van der Waals surface area contributed by atoms with Crippen LogP contribution in [0.4, 0.5) is 11.4 Å². The van der Waals surface area contributed by atoms with Crippen molar-refractivity contribution in [2.24, 2.45) is 5.92 Å². The third-order valence-corrected chi connectivity index (χ3v) is 7.95. The lowest BCUT2D eigenvalue weighted by molar-refractivity contribution is -0.134. The highest BCUT2D eigenvalue weighted by Crippen LogP contribution is 2.50. The zero-order chi connectivity index (χ0) is 24.4. The molecule has 2 aromatic rings. The second-order valence-electron chi connectivity index (χ2n) is 9.58. The van der Waals surface area contributed by atoms with E-state index < -0.39 is 11.9 Å². The van der Waals surface area contributed by atoms with Crippen molar-refractivity contribution in [2.75, 3.05) is 18.5 Å². The van der Waals surface area contributed by atoms with Crippen LogP contribution in [-0.2, 0) is 9.59 Å². The molecule has 176 valence electrons. The molecule has 2 heterocycles. The fourth-order valence-electron chi connectivity index (χ4n) is 4.67. The zero-order valence-corrected chi connectivity index (χ0v) is 20.6. The number of hydrogen-bond acceptors (Lipinski definition) is 5. The average molecular weight is 469 g/mol. The van der Waals surface area contributed by atoms with Crippen molar-refractivity contribution in [3.63, 3.8) is 0 Å². The second kappa shape index (κ2) is 9.61. The van der Waals surface area contributed by atoms with Crippen LogP contribution in [0.2, 0.25) is 0 Å². The number of fused-ring (bicyclic) bond motifs is 2. The van der Waals surface area contributed by atoms with E-state index in [0.717, 1.165) is 6.54 Å². The number of para-hydroxylation sites is 2. The first-order chi connectivity index (χ1) is 15.4. The number of carbonyl (C=O) groups is 2. The number of carboxylic acids is 2. The fourth-order valence-corrected chi connectivity index (χ4v) is 5.77. The number of hydrogen-bond donors (Lipinski definition) is 2. The molecule has 0 radical (unpaired) electrons. The van der Waals surface area contributed by atoms with Crippen molar-refractivity contribution in [3.8, 4) is 0 Å². The molecule has 0 amide bonds. The summed E-state index contributed by atoms with van der Waals surface area (Å²) in [7, 11) is 2.29. The maximum absolute atomic E-state index is 9.55. The van der Waals surface area contributed by atoms with Crippen molar-refractivity contribution >= 4 is 35.1 Å². The minimum atomic E-state index is -1.26. The number of aliphatic carboxylic acids is 2. The molecule has 2 aliphatic rings. The van der Waals surface area contributed by atoms with E-state index in [4.69, 9.17) is 10.2 Å². The van der Waals surface area contributed by atoms with Crippen molar-refractivity contribution in [1.82, 2.24) is 4.90 Å². The van der Waals surface area contributed by atoms with Crippen LogP contribution < -0.4 is 4.90 Å². The Morgan fingerprint density at radius 2 is 1.39 bits per heavy atom. The van der Waals surface area contributed by atoms with Crippen LogP contribution in [0.15, 0.2) is 70.5 Å². The molecule has 2 N–H and O–H groups in total. The monoisotopic (exact) mass is 468 g/mol. The lowest BCUT2D eigenvalue weighted by Gasteiger charge is -2.41. The molecule has 2 aromatic carbocycles. The first-order valence-electron chi connectivity index (χ1n) is 10.9. The highest BCUT2D eigenvalue weighted by atomic mass is 32.2. The molecule has 1 saturated heterocycles. The molecule has 0 aliphatic carbocycles. The van der Waals surface area contributed by atoms with Gasteiger partial charge in [-0.3, -0.25) is 4.90 Å². The van der Waals surface area contributed by atoms with E-state index in [1.807, 2.05) is 11.8 Å². The molecule has 7 heteroatoms. The summed E-state index contributed by atoms with van der Waals surface area (Å²) in [6.07, 6.45) is 2.34.